The molecule has 0 aliphatic rings. The van der Waals surface area contributed by atoms with Gasteiger partial charge in [-0.15, -0.1) is 0 Å². The predicted octanol–water partition coefficient (Wildman–Crippen LogP) is 4.41. The topological polar surface area (TPSA) is 43.8 Å². The lowest BCUT2D eigenvalue weighted by molar-refractivity contribution is 0.587. The molecule has 0 aliphatic heterocycles. The Balaban J connectivity index is 2.27. The van der Waals surface area contributed by atoms with Gasteiger partial charge in [0.1, 0.15) is 0 Å². The number of aromatic nitrogens is 2. The van der Waals surface area contributed by atoms with E-state index in [0.29, 0.717) is 21.5 Å². The highest BCUT2D eigenvalue weighted by atomic mass is 35.5. The van der Waals surface area contributed by atoms with Crippen molar-refractivity contribution in [2.45, 2.75) is 32.9 Å². The molecule has 108 valence electrons. The molecule has 0 bridgehead atoms. The standard InChI is InChI=1S/C14H16Cl3N3/c1-3-20-13(14(17)8(2)19-20)7-12(18)9-4-5-10(15)11(16)6-9/h4-6,12H,3,7,18H2,1-2H3. The maximum absolute atomic E-state index is 6.29. The van der Waals surface area contributed by atoms with Crippen LogP contribution in [0.5, 0.6) is 0 Å². The molecule has 1 atom stereocenters. The monoisotopic (exact) mass is 331 g/mol. The lowest BCUT2D eigenvalue weighted by Crippen LogP contribution is -2.16. The van der Waals surface area contributed by atoms with Crippen LogP contribution in [0.2, 0.25) is 15.1 Å². The predicted molar refractivity (Wildman–Crippen MR) is 84.7 cm³/mol. The van der Waals surface area contributed by atoms with Gasteiger partial charge in [-0.25, -0.2) is 0 Å². The van der Waals surface area contributed by atoms with E-state index in [0.717, 1.165) is 23.5 Å². The summed E-state index contributed by atoms with van der Waals surface area (Å²) in [5.74, 6) is 0. The molecule has 1 aromatic heterocycles. The molecule has 0 radical (unpaired) electrons. The van der Waals surface area contributed by atoms with Crippen molar-refractivity contribution in [2.24, 2.45) is 5.73 Å². The Bertz CT molecular complexity index is 622. The molecule has 0 amide bonds. The summed E-state index contributed by atoms with van der Waals surface area (Å²) in [5.41, 5.74) is 8.95. The highest BCUT2D eigenvalue weighted by Crippen LogP contribution is 2.28. The van der Waals surface area contributed by atoms with Crippen molar-refractivity contribution >= 4 is 34.8 Å². The van der Waals surface area contributed by atoms with Crippen LogP contribution in [0, 0.1) is 6.92 Å². The summed E-state index contributed by atoms with van der Waals surface area (Å²) in [6, 6.07) is 5.22. The second-order valence-electron chi connectivity index (χ2n) is 4.65. The number of hydrogen-bond acceptors (Lipinski definition) is 2. The molecular formula is C14H16Cl3N3. The molecule has 1 heterocycles. The molecule has 3 nitrogen and oxygen atoms in total. The fourth-order valence-electron chi connectivity index (χ4n) is 2.13. The molecule has 0 aliphatic carbocycles. The fraction of sp³-hybridized carbons (Fsp3) is 0.357. The van der Waals surface area contributed by atoms with Crippen molar-refractivity contribution in [1.82, 2.24) is 9.78 Å². The summed E-state index contributed by atoms with van der Waals surface area (Å²) in [5, 5.41) is 6.10. The van der Waals surface area contributed by atoms with Gasteiger partial charge in [-0.3, -0.25) is 4.68 Å². The summed E-state index contributed by atoms with van der Waals surface area (Å²) in [7, 11) is 0. The normalized spacial score (nSPS) is 12.7. The number of nitrogens with two attached hydrogens (primary N) is 1. The van der Waals surface area contributed by atoms with Gasteiger partial charge in [-0.2, -0.15) is 5.10 Å². The number of benzene rings is 1. The van der Waals surface area contributed by atoms with Crippen LogP contribution in [-0.4, -0.2) is 9.78 Å². The smallest absolute Gasteiger partial charge is 0.0847 e. The zero-order valence-electron chi connectivity index (χ0n) is 11.3. The van der Waals surface area contributed by atoms with E-state index >= 15 is 0 Å². The molecule has 20 heavy (non-hydrogen) atoms. The molecule has 0 fully saturated rings. The van der Waals surface area contributed by atoms with E-state index in [1.807, 2.05) is 24.6 Å². The first-order valence-electron chi connectivity index (χ1n) is 6.36. The number of aryl methyl sites for hydroxylation is 2. The van der Waals surface area contributed by atoms with Crippen molar-refractivity contribution in [3.63, 3.8) is 0 Å². The Hall–Kier alpha value is -0.740. The van der Waals surface area contributed by atoms with Gasteiger partial charge in [0.15, 0.2) is 0 Å². The average molecular weight is 333 g/mol. The van der Waals surface area contributed by atoms with E-state index in [9.17, 15) is 0 Å². The molecule has 0 saturated heterocycles. The van der Waals surface area contributed by atoms with Crippen LogP contribution in [0.25, 0.3) is 0 Å². The van der Waals surface area contributed by atoms with Crippen LogP contribution in [0.15, 0.2) is 18.2 Å². The molecule has 6 heteroatoms. The van der Waals surface area contributed by atoms with Crippen molar-refractivity contribution in [1.29, 1.82) is 0 Å². The molecule has 0 saturated carbocycles. The van der Waals surface area contributed by atoms with Gasteiger partial charge in [0.05, 0.1) is 26.5 Å². The van der Waals surface area contributed by atoms with Gasteiger partial charge in [-0.05, 0) is 31.5 Å². The zero-order valence-corrected chi connectivity index (χ0v) is 13.6. The Labute approximate surface area is 133 Å². The Morgan fingerprint density at radius 2 is 1.95 bits per heavy atom. The maximum Gasteiger partial charge on any atom is 0.0847 e. The summed E-state index contributed by atoms with van der Waals surface area (Å²) < 4.78 is 1.88. The van der Waals surface area contributed by atoms with Crippen LogP contribution >= 0.6 is 34.8 Å². The molecule has 2 aromatic rings. The fourth-order valence-corrected chi connectivity index (χ4v) is 2.65. The second-order valence-corrected chi connectivity index (χ2v) is 5.84. The first kappa shape index (κ1) is 15.6. The Kier molecular flexibility index (Phi) is 4.97. The minimum Gasteiger partial charge on any atom is -0.324 e. The summed E-state index contributed by atoms with van der Waals surface area (Å²) in [4.78, 5) is 0. The average Bonchev–Trinajstić information content (AvgIpc) is 2.69. The van der Waals surface area contributed by atoms with E-state index in [1.165, 1.54) is 0 Å². The third kappa shape index (κ3) is 3.12. The van der Waals surface area contributed by atoms with Gasteiger partial charge in [-0.1, -0.05) is 40.9 Å². The Morgan fingerprint density at radius 3 is 2.55 bits per heavy atom. The van der Waals surface area contributed by atoms with Gasteiger partial charge >= 0.3 is 0 Å². The minimum atomic E-state index is -0.205. The zero-order chi connectivity index (χ0) is 14.9. The van der Waals surface area contributed by atoms with Crippen LogP contribution in [-0.2, 0) is 13.0 Å². The van der Waals surface area contributed by atoms with Crippen LogP contribution < -0.4 is 5.73 Å². The second kappa shape index (κ2) is 6.35. The van der Waals surface area contributed by atoms with Crippen molar-refractivity contribution in [3.05, 3.63) is 50.2 Å². The van der Waals surface area contributed by atoms with Crippen molar-refractivity contribution < 1.29 is 0 Å². The Morgan fingerprint density at radius 1 is 1.25 bits per heavy atom. The van der Waals surface area contributed by atoms with Gasteiger partial charge < -0.3 is 5.73 Å². The van der Waals surface area contributed by atoms with Gasteiger partial charge in [0.25, 0.3) is 0 Å². The lowest BCUT2D eigenvalue weighted by Gasteiger charge is -2.14. The summed E-state index contributed by atoms with van der Waals surface area (Å²) in [6.45, 7) is 4.68. The highest BCUT2D eigenvalue weighted by molar-refractivity contribution is 6.42. The SMILES string of the molecule is CCn1nc(C)c(Cl)c1CC(N)c1ccc(Cl)c(Cl)c1. The highest BCUT2D eigenvalue weighted by Gasteiger charge is 2.17. The van der Waals surface area contributed by atoms with Gasteiger partial charge in [0.2, 0.25) is 0 Å². The number of hydrogen-bond donors (Lipinski definition) is 1. The third-order valence-electron chi connectivity index (χ3n) is 3.24. The lowest BCUT2D eigenvalue weighted by atomic mass is 10.0. The maximum atomic E-state index is 6.29. The van der Waals surface area contributed by atoms with E-state index < -0.39 is 0 Å². The largest absolute Gasteiger partial charge is 0.324 e. The van der Waals surface area contributed by atoms with Gasteiger partial charge in [0, 0.05) is 19.0 Å². The van der Waals surface area contributed by atoms with E-state index in [2.05, 4.69) is 5.10 Å². The quantitative estimate of drug-likeness (QED) is 0.901. The number of nitrogens with zero attached hydrogens (tertiary/aromatic N) is 2. The summed E-state index contributed by atoms with van der Waals surface area (Å²) >= 11 is 18.2. The molecule has 0 spiro atoms. The third-order valence-corrected chi connectivity index (χ3v) is 4.47. The van der Waals surface area contributed by atoms with E-state index in [4.69, 9.17) is 40.5 Å². The van der Waals surface area contributed by atoms with Crippen LogP contribution in [0.4, 0.5) is 0 Å². The molecule has 1 unspecified atom stereocenters. The minimum absolute atomic E-state index is 0.205. The van der Waals surface area contributed by atoms with Crippen molar-refractivity contribution in [3.8, 4) is 0 Å². The number of rotatable bonds is 4. The summed E-state index contributed by atoms with van der Waals surface area (Å²) in [6.07, 6.45) is 0.603. The molecule has 2 N–H and O–H groups in total. The first-order valence-corrected chi connectivity index (χ1v) is 7.49. The van der Waals surface area contributed by atoms with E-state index in [1.54, 1.807) is 12.1 Å². The van der Waals surface area contributed by atoms with E-state index in [-0.39, 0.29) is 6.04 Å². The molecular weight excluding hydrogens is 317 g/mol. The first-order chi connectivity index (χ1) is 9.43. The molecule has 1 aromatic carbocycles. The molecule has 2 rings (SSSR count). The van der Waals surface area contributed by atoms with Crippen molar-refractivity contribution in [2.75, 3.05) is 0 Å². The number of halogens is 3. The van der Waals surface area contributed by atoms with Crippen LogP contribution in [0.3, 0.4) is 0 Å². The van der Waals surface area contributed by atoms with Crippen LogP contribution in [0.1, 0.15) is 29.9 Å².